The second kappa shape index (κ2) is 12.2. The summed E-state index contributed by atoms with van der Waals surface area (Å²) in [4.78, 5) is 30.4. The van der Waals surface area contributed by atoms with Gasteiger partial charge in [0.25, 0.3) is 0 Å². The first-order chi connectivity index (χ1) is 18.0. The van der Waals surface area contributed by atoms with Crippen LogP contribution in [0.15, 0.2) is 41.5 Å². The second-order valence-corrected chi connectivity index (χ2v) is 9.75. The summed E-state index contributed by atoms with van der Waals surface area (Å²) in [5.74, 6) is -0.983. The maximum atomic E-state index is 13.8. The third-order valence-corrected chi connectivity index (χ3v) is 6.65. The van der Waals surface area contributed by atoms with Crippen molar-refractivity contribution in [1.29, 1.82) is 0 Å². The van der Waals surface area contributed by atoms with Gasteiger partial charge in [-0.15, -0.1) is 0 Å². The largest absolute Gasteiger partial charge is 0.465 e. The van der Waals surface area contributed by atoms with Gasteiger partial charge in [0.15, 0.2) is 0 Å². The van der Waals surface area contributed by atoms with E-state index in [9.17, 15) is 22.8 Å². The first kappa shape index (κ1) is 28.8. The third-order valence-electron chi connectivity index (χ3n) is 6.65. The highest BCUT2D eigenvalue weighted by atomic mass is 19.4. The molecule has 0 heterocycles. The van der Waals surface area contributed by atoms with Crippen molar-refractivity contribution in [2.24, 2.45) is 17.0 Å². The number of esters is 1. The molecule has 204 valence electrons. The number of benzene rings is 2. The van der Waals surface area contributed by atoms with E-state index in [1.54, 1.807) is 4.90 Å². The lowest BCUT2D eigenvalue weighted by Crippen LogP contribution is -2.43. The Bertz CT molecular complexity index is 1220. The van der Waals surface area contributed by atoms with Gasteiger partial charge in [-0.05, 0) is 86.9 Å². The summed E-state index contributed by atoms with van der Waals surface area (Å²) in [6.45, 7) is 5.58. The predicted octanol–water partition coefficient (Wildman–Crippen LogP) is 7.66. The number of anilines is 1. The Morgan fingerprint density at radius 3 is 2.39 bits per heavy atom. The highest BCUT2D eigenvalue weighted by molar-refractivity contribution is 6.04. The van der Waals surface area contributed by atoms with E-state index >= 15 is 0 Å². The van der Waals surface area contributed by atoms with Gasteiger partial charge in [0.1, 0.15) is 11.5 Å². The standard InChI is InChI=1S/C27H31F3N4O4/c1-16(2)34(25(35)19-8-5-17(3)6-9-19)23-11-10-20(14-21(23)26(36)37-4)38-24-12-7-18(15-32-33-31)13-22(24)27(28,29)30/h7,10-14,16-17,19H,5-6,8-9,15H2,1-4H3/t17-,19-. The lowest BCUT2D eigenvalue weighted by molar-refractivity contribution is -0.138. The number of rotatable bonds is 8. The van der Waals surface area contributed by atoms with E-state index < -0.39 is 23.5 Å². The van der Waals surface area contributed by atoms with Crippen molar-refractivity contribution in [3.05, 3.63) is 63.5 Å². The van der Waals surface area contributed by atoms with Crippen molar-refractivity contribution in [1.82, 2.24) is 0 Å². The predicted molar refractivity (Wildman–Crippen MR) is 136 cm³/mol. The van der Waals surface area contributed by atoms with E-state index in [1.807, 2.05) is 13.8 Å². The first-order valence-electron chi connectivity index (χ1n) is 12.4. The molecular formula is C27H31F3N4O4. The number of methoxy groups -OCH3 is 1. The van der Waals surface area contributed by atoms with Gasteiger partial charge in [0.2, 0.25) is 5.91 Å². The fourth-order valence-corrected chi connectivity index (χ4v) is 4.64. The average molecular weight is 533 g/mol. The fraction of sp³-hybridized carbons (Fsp3) is 0.481. The van der Waals surface area contributed by atoms with Crippen LogP contribution in [0.1, 0.15) is 67.9 Å². The van der Waals surface area contributed by atoms with E-state index in [2.05, 4.69) is 16.9 Å². The summed E-state index contributed by atoms with van der Waals surface area (Å²) < 4.78 is 51.8. The minimum atomic E-state index is -4.74. The van der Waals surface area contributed by atoms with Crippen molar-refractivity contribution < 1.29 is 32.2 Å². The van der Waals surface area contributed by atoms with Gasteiger partial charge >= 0.3 is 12.1 Å². The molecular weight excluding hydrogens is 501 g/mol. The van der Waals surface area contributed by atoms with Crippen LogP contribution in [0, 0.1) is 11.8 Å². The smallest absolute Gasteiger partial charge is 0.419 e. The Balaban J connectivity index is 2.00. The molecule has 38 heavy (non-hydrogen) atoms. The van der Waals surface area contributed by atoms with Gasteiger partial charge in [-0.3, -0.25) is 4.79 Å². The molecule has 1 amide bonds. The van der Waals surface area contributed by atoms with E-state index in [0.717, 1.165) is 37.8 Å². The molecule has 0 saturated heterocycles. The molecule has 0 spiro atoms. The summed E-state index contributed by atoms with van der Waals surface area (Å²) in [5.41, 5.74) is 7.88. The van der Waals surface area contributed by atoms with Crippen LogP contribution in [-0.2, 0) is 22.3 Å². The van der Waals surface area contributed by atoms with Crippen LogP contribution in [0.25, 0.3) is 10.4 Å². The van der Waals surface area contributed by atoms with Crippen LogP contribution in [0.5, 0.6) is 11.5 Å². The number of carbonyl (C=O) groups excluding carboxylic acids is 2. The lowest BCUT2D eigenvalue weighted by Gasteiger charge is -2.34. The molecule has 1 saturated carbocycles. The van der Waals surface area contributed by atoms with Crippen molar-refractivity contribution >= 4 is 17.6 Å². The zero-order valence-corrected chi connectivity index (χ0v) is 21.8. The average Bonchev–Trinajstić information content (AvgIpc) is 2.88. The number of hydrogen-bond donors (Lipinski definition) is 0. The number of nitrogens with zero attached hydrogens (tertiary/aromatic N) is 4. The number of ether oxygens (including phenoxy) is 2. The minimum absolute atomic E-state index is 0.00441. The van der Waals surface area contributed by atoms with Gasteiger partial charge in [0, 0.05) is 16.9 Å². The lowest BCUT2D eigenvalue weighted by atomic mass is 9.82. The van der Waals surface area contributed by atoms with Crippen LogP contribution in [0.4, 0.5) is 18.9 Å². The molecule has 1 aliphatic carbocycles. The molecule has 2 aromatic rings. The number of amides is 1. The van der Waals surface area contributed by atoms with E-state index in [-0.39, 0.29) is 41.3 Å². The SMILES string of the molecule is COC(=O)c1cc(Oc2ccc(CN=[N+]=[N-])cc2C(F)(F)F)ccc1N(C(=O)[C@H]1CC[C@H](C)CC1)C(C)C. The Labute approximate surface area is 219 Å². The molecule has 0 aliphatic heterocycles. The molecule has 8 nitrogen and oxygen atoms in total. The molecule has 0 atom stereocenters. The van der Waals surface area contributed by atoms with Crippen molar-refractivity contribution in [3.63, 3.8) is 0 Å². The summed E-state index contributed by atoms with van der Waals surface area (Å²) in [6, 6.07) is 7.25. The van der Waals surface area contributed by atoms with Crippen LogP contribution in [0.2, 0.25) is 0 Å². The van der Waals surface area contributed by atoms with Gasteiger partial charge in [0.05, 0.1) is 30.5 Å². The molecule has 0 aromatic heterocycles. The number of hydrogen-bond acceptors (Lipinski definition) is 5. The van der Waals surface area contributed by atoms with Gasteiger partial charge < -0.3 is 14.4 Å². The first-order valence-corrected chi connectivity index (χ1v) is 12.4. The Hall–Kier alpha value is -3.72. The molecule has 11 heteroatoms. The van der Waals surface area contributed by atoms with Gasteiger partial charge in [-0.1, -0.05) is 18.1 Å². The van der Waals surface area contributed by atoms with E-state index in [1.165, 1.54) is 31.4 Å². The summed E-state index contributed by atoms with van der Waals surface area (Å²) >= 11 is 0. The molecule has 0 unspecified atom stereocenters. The molecule has 0 bridgehead atoms. The molecule has 3 rings (SSSR count). The monoisotopic (exact) mass is 532 g/mol. The number of carbonyl (C=O) groups is 2. The minimum Gasteiger partial charge on any atom is -0.465 e. The maximum Gasteiger partial charge on any atom is 0.419 e. The quantitative estimate of drug-likeness (QED) is 0.151. The summed E-state index contributed by atoms with van der Waals surface area (Å²) in [7, 11) is 1.19. The topological polar surface area (TPSA) is 105 Å². The number of azide groups is 1. The van der Waals surface area contributed by atoms with Crippen molar-refractivity contribution in [2.75, 3.05) is 12.0 Å². The molecule has 1 aliphatic rings. The zero-order valence-electron chi connectivity index (χ0n) is 21.8. The van der Waals surface area contributed by atoms with E-state index in [4.69, 9.17) is 15.0 Å². The third kappa shape index (κ3) is 6.77. The molecule has 0 radical (unpaired) electrons. The summed E-state index contributed by atoms with van der Waals surface area (Å²) in [6.07, 6.45) is -1.34. The van der Waals surface area contributed by atoms with Crippen molar-refractivity contribution in [3.8, 4) is 11.5 Å². The summed E-state index contributed by atoms with van der Waals surface area (Å²) in [5, 5.41) is 3.30. The number of halogens is 3. The molecule has 1 fully saturated rings. The Morgan fingerprint density at radius 1 is 1.13 bits per heavy atom. The van der Waals surface area contributed by atoms with Crippen LogP contribution >= 0.6 is 0 Å². The maximum absolute atomic E-state index is 13.8. The van der Waals surface area contributed by atoms with E-state index in [0.29, 0.717) is 11.6 Å². The Kier molecular flexibility index (Phi) is 9.27. The highest BCUT2D eigenvalue weighted by Gasteiger charge is 2.36. The number of alkyl halides is 3. The molecule has 0 N–H and O–H groups in total. The van der Waals surface area contributed by atoms with Gasteiger partial charge in [-0.2, -0.15) is 13.2 Å². The zero-order chi connectivity index (χ0) is 28.0. The normalized spacial score (nSPS) is 17.5. The fourth-order valence-electron chi connectivity index (χ4n) is 4.64. The second-order valence-electron chi connectivity index (χ2n) is 9.75. The van der Waals surface area contributed by atoms with Crippen LogP contribution in [-0.4, -0.2) is 25.0 Å². The highest BCUT2D eigenvalue weighted by Crippen LogP contribution is 2.40. The molecule has 2 aromatic carbocycles. The van der Waals surface area contributed by atoms with Crippen molar-refractivity contribution in [2.45, 2.75) is 65.2 Å². The Morgan fingerprint density at radius 2 is 1.82 bits per heavy atom. The van der Waals surface area contributed by atoms with Crippen LogP contribution < -0.4 is 9.64 Å². The van der Waals surface area contributed by atoms with Gasteiger partial charge in [-0.25, -0.2) is 4.79 Å². The van der Waals surface area contributed by atoms with Crippen LogP contribution in [0.3, 0.4) is 0 Å².